The maximum absolute atomic E-state index is 15.4. The van der Waals surface area contributed by atoms with Crippen LogP contribution in [0.3, 0.4) is 0 Å². The van der Waals surface area contributed by atoms with Crippen molar-refractivity contribution in [1.29, 1.82) is 0 Å². The van der Waals surface area contributed by atoms with E-state index in [-0.39, 0.29) is 36.1 Å². The van der Waals surface area contributed by atoms with Crippen molar-refractivity contribution in [3.8, 4) is 16.9 Å². The molecule has 2 amide bonds. The van der Waals surface area contributed by atoms with Crippen LogP contribution in [0.15, 0.2) is 95.6 Å². The van der Waals surface area contributed by atoms with E-state index in [4.69, 9.17) is 21.1 Å². The number of halogens is 3. The fraction of sp³-hybridized carbons (Fsp3) is 0.129. The van der Waals surface area contributed by atoms with Crippen molar-refractivity contribution in [2.24, 2.45) is 0 Å². The lowest BCUT2D eigenvalue weighted by atomic mass is 9.99. The summed E-state index contributed by atoms with van der Waals surface area (Å²) in [5.74, 6) is -1.52. The Balaban J connectivity index is 1.56. The van der Waals surface area contributed by atoms with Gasteiger partial charge in [0.2, 0.25) is 11.8 Å². The zero-order chi connectivity index (χ0) is 29.2. The van der Waals surface area contributed by atoms with E-state index in [0.717, 1.165) is 6.07 Å². The molecule has 0 unspecified atom stereocenters. The van der Waals surface area contributed by atoms with E-state index in [9.17, 15) is 14.0 Å². The van der Waals surface area contributed by atoms with Crippen molar-refractivity contribution in [2.45, 2.75) is 11.8 Å². The summed E-state index contributed by atoms with van der Waals surface area (Å²) in [7, 11) is 0. The lowest BCUT2D eigenvalue weighted by Crippen LogP contribution is -2.42. The number of rotatable bonds is 7. The number of fused-ring (bicyclic) bond motifs is 1. The third-order valence-electron chi connectivity index (χ3n) is 6.80. The van der Waals surface area contributed by atoms with Gasteiger partial charge in [-0.1, -0.05) is 60.1 Å². The molecule has 2 aromatic heterocycles. The van der Waals surface area contributed by atoms with Crippen molar-refractivity contribution < 1.29 is 22.8 Å². The number of furan rings is 1. The number of thioether (sulfide) groups is 1. The summed E-state index contributed by atoms with van der Waals surface area (Å²) in [5, 5.41) is 7.30. The quantitative estimate of drug-likeness (QED) is 0.228. The smallest absolute Gasteiger partial charge is 0.240 e. The minimum Gasteiger partial charge on any atom is -0.467 e. The van der Waals surface area contributed by atoms with Gasteiger partial charge in [-0.25, -0.2) is 13.5 Å². The number of nitrogens with one attached hydrogen (secondary N) is 1. The number of carbonyl (C=O) groups excluding carboxylic acids is 2. The average molecular weight is 605 g/mol. The van der Waals surface area contributed by atoms with E-state index in [0.29, 0.717) is 33.3 Å². The van der Waals surface area contributed by atoms with Crippen LogP contribution in [0.5, 0.6) is 0 Å². The van der Waals surface area contributed by atoms with Crippen molar-refractivity contribution in [2.75, 3.05) is 17.2 Å². The van der Waals surface area contributed by atoms with Gasteiger partial charge in [-0.2, -0.15) is 5.10 Å². The number of para-hydroxylation sites is 1. The molecule has 3 heterocycles. The first-order valence-electron chi connectivity index (χ1n) is 13.0. The second-order valence-corrected chi connectivity index (χ2v) is 11.0. The fourth-order valence-corrected chi connectivity index (χ4v) is 6.31. The second-order valence-electron chi connectivity index (χ2n) is 9.51. The summed E-state index contributed by atoms with van der Waals surface area (Å²) >= 11 is 7.81. The first kappa shape index (κ1) is 27.7. The second kappa shape index (κ2) is 11.8. The average Bonchev–Trinajstić information content (AvgIpc) is 3.62. The molecule has 0 radical (unpaired) electrons. The standard InChI is InChI=1S/C31H23ClF2N4O3S/c32-23-10-4-5-11-25(23)38-31-28(29(36-38)19-7-2-1-3-8-19)30(22-13-12-20(33)15-24(22)34)42-18-27(40)37(31)17-26(39)35-16-21-9-6-14-41-21/h1-15,30H,16-18H2,(H,35,39)/t30-/m1/s1. The molecule has 3 aromatic carbocycles. The SMILES string of the molecule is O=C(CN1C(=O)CS[C@H](c2ccc(F)cc2F)c2c(-c3ccccc3)nn(-c3ccccc3Cl)c21)NCc1ccco1. The van der Waals surface area contributed by atoms with Crippen LogP contribution in [0, 0.1) is 11.6 Å². The minimum atomic E-state index is -0.757. The van der Waals surface area contributed by atoms with Gasteiger partial charge in [-0.05, 0) is 30.3 Å². The molecular formula is C31H23ClF2N4O3S. The molecule has 1 atom stereocenters. The maximum Gasteiger partial charge on any atom is 0.240 e. The van der Waals surface area contributed by atoms with Gasteiger partial charge in [0, 0.05) is 22.8 Å². The number of amides is 2. The van der Waals surface area contributed by atoms with Gasteiger partial charge in [0.05, 0.1) is 40.2 Å². The van der Waals surface area contributed by atoms with Crippen LogP contribution in [0.4, 0.5) is 14.6 Å². The number of nitrogens with zero attached hydrogens (tertiary/aromatic N) is 3. The van der Waals surface area contributed by atoms with E-state index in [2.05, 4.69) is 5.32 Å². The normalized spacial score (nSPS) is 14.9. The summed E-state index contributed by atoms with van der Waals surface area (Å²) in [6, 6.07) is 23.1. The monoisotopic (exact) mass is 604 g/mol. The first-order chi connectivity index (χ1) is 20.4. The highest BCUT2D eigenvalue weighted by atomic mass is 35.5. The van der Waals surface area contributed by atoms with Crippen molar-refractivity contribution in [3.63, 3.8) is 0 Å². The van der Waals surface area contributed by atoms with Gasteiger partial charge in [0.15, 0.2) is 0 Å². The third-order valence-corrected chi connectivity index (χ3v) is 8.36. The maximum atomic E-state index is 15.4. The Bertz CT molecular complexity index is 1760. The van der Waals surface area contributed by atoms with E-state index in [1.54, 1.807) is 36.4 Å². The van der Waals surface area contributed by atoms with E-state index in [1.807, 2.05) is 30.3 Å². The molecule has 11 heteroatoms. The van der Waals surface area contributed by atoms with E-state index in [1.165, 1.54) is 39.7 Å². The molecule has 0 bridgehead atoms. The summed E-state index contributed by atoms with van der Waals surface area (Å²) in [5.41, 5.74) is 2.35. The van der Waals surface area contributed by atoms with E-state index < -0.39 is 22.8 Å². The van der Waals surface area contributed by atoms with Gasteiger partial charge in [0.25, 0.3) is 0 Å². The third kappa shape index (κ3) is 5.43. The lowest BCUT2D eigenvalue weighted by Gasteiger charge is -2.23. The fourth-order valence-electron chi connectivity index (χ4n) is 4.88. The molecular weight excluding hydrogens is 582 g/mol. The molecule has 1 N–H and O–H groups in total. The summed E-state index contributed by atoms with van der Waals surface area (Å²) < 4.78 is 36.1. The topological polar surface area (TPSA) is 80.4 Å². The molecule has 0 saturated heterocycles. The van der Waals surface area contributed by atoms with Crippen LogP contribution in [0.2, 0.25) is 5.02 Å². The molecule has 1 aliphatic heterocycles. The highest BCUT2D eigenvalue weighted by Gasteiger charge is 2.38. The van der Waals surface area contributed by atoms with Crippen LogP contribution in [-0.2, 0) is 16.1 Å². The zero-order valence-electron chi connectivity index (χ0n) is 22.0. The number of carbonyl (C=O) groups is 2. The molecule has 5 aromatic rings. The molecule has 0 aliphatic carbocycles. The summed E-state index contributed by atoms with van der Waals surface area (Å²) in [6.07, 6.45) is 1.51. The largest absolute Gasteiger partial charge is 0.467 e. The Hall–Kier alpha value is -4.41. The Morgan fingerprint density at radius 3 is 2.57 bits per heavy atom. The van der Waals surface area contributed by atoms with Gasteiger partial charge < -0.3 is 9.73 Å². The van der Waals surface area contributed by atoms with Crippen molar-refractivity contribution >= 4 is 41.0 Å². The van der Waals surface area contributed by atoms with Gasteiger partial charge in [0.1, 0.15) is 29.8 Å². The minimum absolute atomic E-state index is 0.0711. The van der Waals surface area contributed by atoms with Crippen LogP contribution in [0.1, 0.15) is 22.1 Å². The van der Waals surface area contributed by atoms with Gasteiger partial charge >= 0.3 is 0 Å². The summed E-state index contributed by atoms with van der Waals surface area (Å²) in [6.45, 7) is -0.200. The van der Waals surface area contributed by atoms with Crippen molar-refractivity contribution in [3.05, 3.63) is 125 Å². The van der Waals surface area contributed by atoms with Crippen LogP contribution in [0.25, 0.3) is 16.9 Å². The van der Waals surface area contributed by atoms with Gasteiger partial charge in [-0.3, -0.25) is 14.5 Å². The first-order valence-corrected chi connectivity index (χ1v) is 14.4. The number of hydrogen-bond donors (Lipinski definition) is 1. The molecule has 0 saturated carbocycles. The highest BCUT2D eigenvalue weighted by molar-refractivity contribution is 8.00. The highest BCUT2D eigenvalue weighted by Crippen LogP contribution is 2.49. The van der Waals surface area contributed by atoms with E-state index >= 15 is 4.39 Å². The van der Waals surface area contributed by atoms with Crippen LogP contribution >= 0.6 is 23.4 Å². The summed E-state index contributed by atoms with van der Waals surface area (Å²) in [4.78, 5) is 28.3. The molecule has 0 spiro atoms. The molecule has 6 rings (SSSR count). The number of benzene rings is 3. The lowest BCUT2D eigenvalue weighted by molar-refractivity contribution is -0.123. The molecule has 212 valence electrons. The Morgan fingerprint density at radius 2 is 1.83 bits per heavy atom. The Kier molecular flexibility index (Phi) is 7.82. The van der Waals surface area contributed by atoms with Crippen LogP contribution in [-0.4, -0.2) is 33.9 Å². The number of aromatic nitrogens is 2. The van der Waals surface area contributed by atoms with Crippen LogP contribution < -0.4 is 10.2 Å². The zero-order valence-corrected chi connectivity index (χ0v) is 23.5. The van der Waals surface area contributed by atoms with Gasteiger partial charge in [-0.15, -0.1) is 11.8 Å². The van der Waals surface area contributed by atoms with Crippen molar-refractivity contribution in [1.82, 2.24) is 15.1 Å². The molecule has 1 aliphatic rings. The molecule has 7 nitrogen and oxygen atoms in total. The predicted octanol–water partition coefficient (Wildman–Crippen LogP) is 6.55. The number of anilines is 1. The molecule has 42 heavy (non-hydrogen) atoms. The predicted molar refractivity (Wildman–Crippen MR) is 158 cm³/mol. The Morgan fingerprint density at radius 1 is 1.05 bits per heavy atom. The molecule has 0 fully saturated rings. The Labute approximate surface area is 249 Å². The number of hydrogen-bond acceptors (Lipinski definition) is 5.